The summed E-state index contributed by atoms with van der Waals surface area (Å²) in [4.78, 5) is 17.8. The molecule has 0 saturated carbocycles. The summed E-state index contributed by atoms with van der Waals surface area (Å²) >= 11 is 0. The van der Waals surface area contributed by atoms with Crippen molar-refractivity contribution in [2.24, 2.45) is 0 Å². The summed E-state index contributed by atoms with van der Waals surface area (Å²) in [5, 5.41) is 3.30. The molecule has 1 aliphatic heterocycles. The molecule has 3 N–H and O–H groups in total. The zero-order valence-corrected chi connectivity index (χ0v) is 16.2. The maximum atomic E-state index is 5.90. The highest BCUT2D eigenvalue weighted by Crippen LogP contribution is 2.20. The fourth-order valence-corrected chi connectivity index (χ4v) is 3.33. The Kier molecular flexibility index (Phi) is 8.18. The molecule has 1 saturated heterocycles. The fourth-order valence-electron chi connectivity index (χ4n) is 3.33. The lowest BCUT2D eigenvalue weighted by Crippen LogP contribution is -2.44. The second-order valence-electron chi connectivity index (χ2n) is 6.93. The summed E-state index contributed by atoms with van der Waals surface area (Å²) in [5.74, 6) is 1.56. The quantitative estimate of drug-likeness (QED) is 0.628. The molecule has 0 unspecified atom stereocenters. The number of piperidine rings is 1. The number of unbranched alkanes of at least 4 members (excludes halogenated alkanes) is 4. The van der Waals surface area contributed by atoms with Crippen LogP contribution in [0.25, 0.3) is 0 Å². The van der Waals surface area contributed by atoms with Gasteiger partial charge in [-0.2, -0.15) is 15.0 Å². The predicted molar refractivity (Wildman–Crippen MR) is 105 cm³/mol. The lowest BCUT2D eigenvalue weighted by molar-refractivity contribution is 0.220. The number of anilines is 3. The molecule has 1 aliphatic rings. The van der Waals surface area contributed by atoms with Crippen LogP contribution < -0.4 is 16.0 Å². The largest absolute Gasteiger partial charge is 0.368 e. The molecule has 1 fully saturated rings. The molecule has 1 aromatic heterocycles. The van der Waals surface area contributed by atoms with Gasteiger partial charge in [0.05, 0.1) is 0 Å². The summed E-state index contributed by atoms with van der Waals surface area (Å²) in [6.45, 7) is 8.73. The number of nitrogens with zero attached hydrogens (tertiary/aromatic N) is 5. The topological polar surface area (TPSA) is 83.2 Å². The normalized spacial score (nSPS) is 16.1. The van der Waals surface area contributed by atoms with Gasteiger partial charge < -0.3 is 20.9 Å². The first-order chi connectivity index (χ1) is 12.1. The number of aromatic nitrogens is 3. The van der Waals surface area contributed by atoms with E-state index < -0.39 is 0 Å². The lowest BCUT2D eigenvalue weighted by atomic mass is 10.0. The van der Waals surface area contributed by atoms with Crippen molar-refractivity contribution in [1.29, 1.82) is 0 Å². The Morgan fingerprint density at radius 1 is 1.08 bits per heavy atom. The van der Waals surface area contributed by atoms with E-state index in [9.17, 15) is 0 Å². The van der Waals surface area contributed by atoms with Crippen LogP contribution in [0.2, 0.25) is 0 Å². The van der Waals surface area contributed by atoms with Crippen LogP contribution in [-0.2, 0) is 0 Å². The van der Waals surface area contributed by atoms with Crippen molar-refractivity contribution < 1.29 is 0 Å². The molecule has 0 aliphatic carbocycles. The second-order valence-corrected chi connectivity index (χ2v) is 6.93. The Balaban J connectivity index is 1.87. The molecular formula is C18H35N7. The Hall–Kier alpha value is -1.63. The highest BCUT2D eigenvalue weighted by molar-refractivity contribution is 5.42. The summed E-state index contributed by atoms with van der Waals surface area (Å²) in [6, 6.07) is 0.464. The number of likely N-dealkylation sites (tertiary alicyclic amines) is 1. The monoisotopic (exact) mass is 349 g/mol. The van der Waals surface area contributed by atoms with E-state index in [1.54, 1.807) is 0 Å². The molecule has 25 heavy (non-hydrogen) atoms. The minimum absolute atomic E-state index is 0.288. The zero-order valence-electron chi connectivity index (χ0n) is 16.2. The number of nitrogens with two attached hydrogens (primary N) is 1. The van der Waals surface area contributed by atoms with Crippen LogP contribution in [0.1, 0.15) is 58.8 Å². The van der Waals surface area contributed by atoms with Gasteiger partial charge in [-0.15, -0.1) is 0 Å². The molecule has 0 spiro atoms. The summed E-state index contributed by atoms with van der Waals surface area (Å²) in [7, 11) is 2.07. The molecule has 0 aromatic carbocycles. The third kappa shape index (κ3) is 6.30. The first-order valence-electron chi connectivity index (χ1n) is 9.84. The van der Waals surface area contributed by atoms with Gasteiger partial charge in [-0.25, -0.2) is 0 Å². The van der Waals surface area contributed by atoms with Gasteiger partial charge in [0.1, 0.15) is 0 Å². The van der Waals surface area contributed by atoms with Gasteiger partial charge in [-0.3, -0.25) is 0 Å². The predicted octanol–water partition coefficient (Wildman–Crippen LogP) is 2.76. The van der Waals surface area contributed by atoms with Crippen molar-refractivity contribution in [3.05, 3.63) is 0 Å². The summed E-state index contributed by atoms with van der Waals surface area (Å²) in [5.41, 5.74) is 5.90. The standard InChI is InChI=1S/C18H35N7/c1-4-6-7-8-9-12-20-17-21-16(19)22-18(23-17)24(3)15-10-13-25(5-2)14-11-15/h15H,4-14H2,1-3H3,(H3,19,20,21,22,23). The molecule has 0 amide bonds. The molecule has 7 heteroatoms. The van der Waals surface area contributed by atoms with Crippen LogP contribution in [0.15, 0.2) is 0 Å². The third-order valence-corrected chi connectivity index (χ3v) is 5.07. The van der Waals surface area contributed by atoms with E-state index in [1.165, 1.54) is 25.7 Å². The number of hydrogen-bond acceptors (Lipinski definition) is 7. The number of hydrogen-bond donors (Lipinski definition) is 2. The van der Waals surface area contributed by atoms with Gasteiger partial charge >= 0.3 is 0 Å². The lowest BCUT2D eigenvalue weighted by Gasteiger charge is -2.36. The van der Waals surface area contributed by atoms with Crippen molar-refractivity contribution in [2.45, 2.75) is 64.8 Å². The highest BCUT2D eigenvalue weighted by atomic mass is 15.3. The summed E-state index contributed by atoms with van der Waals surface area (Å²) in [6.07, 6.45) is 8.51. The van der Waals surface area contributed by atoms with E-state index in [1.807, 2.05) is 0 Å². The van der Waals surface area contributed by atoms with E-state index in [0.717, 1.165) is 45.4 Å². The molecule has 2 heterocycles. The van der Waals surface area contributed by atoms with Crippen molar-refractivity contribution in [1.82, 2.24) is 19.9 Å². The smallest absolute Gasteiger partial charge is 0.231 e. The fraction of sp³-hybridized carbons (Fsp3) is 0.833. The van der Waals surface area contributed by atoms with Gasteiger partial charge in [-0.1, -0.05) is 39.5 Å². The molecule has 0 atom stereocenters. The number of rotatable bonds is 10. The summed E-state index contributed by atoms with van der Waals surface area (Å²) < 4.78 is 0. The minimum Gasteiger partial charge on any atom is -0.368 e. The van der Waals surface area contributed by atoms with Crippen LogP contribution in [0, 0.1) is 0 Å². The van der Waals surface area contributed by atoms with Crippen LogP contribution in [0.5, 0.6) is 0 Å². The van der Waals surface area contributed by atoms with E-state index in [-0.39, 0.29) is 5.95 Å². The average Bonchev–Trinajstić information content (AvgIpc) is 2.63. The Morgan fingerprint density at radius 2 is 1.80 bits per heavy atom. The maximum absolute atomic E-state index is 5.90. The van der Waals surface area contributed by atoms with Gasteiger partial charge in [0.25, 0.3) is 0 Å². The minimum atomic E-state index is 0.288. The van der Waals surface area contributed by atoms with Crippen LogP contribution >= 0.6 is 0 Å². The molecule has 2 rings (SSSR count). The number of nitrogens with one attached hydrogen (secondary N) is 1. The van der Waals surface area contributed by atoms with E-state index >= 15 is 0 Å². The van der Waals surface area contributed by atoms with Crippen LogP contribution in [-0.4, -0.2) is 59.1 Å². The molecular weight excluding hydrogens is 314 g/mol. The Bertz CT molecular complexity index is 500. The first kappa shape index (κ1) is 19.7. The van der Waals surface area contributed by atoms with Crippen molar-refractivity contribution >= 4 is 17.8 Å². The molecule has 0 radical (unpaired) electrons. The zero-order chi connectivity index (χ0) is 18.1. The molecule has 7 nitrogen and oxygen atoms in total. The third-order valence-electron chi connectivity index (χ3n) is 5.07. The number of nitrogen functional groups attached to an aromatic ring is 1. The van der Waals surface area contributed by atoms with Crippen LogP contribution in [0.3, 0.4) is 0 Å². The Morgan fingerprint density at radius 3 is 2.48 bits per heavy atom. The van der Waals surface area contributed by atoms with E-state index in [4.69, 9.17) is 5.73 Å². The van der Waals surface area contributed by atoms with E-state index in [2.05, 4.69) is 51.0 Å². The molecule has 1 aromatic rings. The van der Waals surface area contributed by atoms with Crippen molar-refractivity contribution in [2.75, 3.05) is 49.2 Å². The average molecular weight is 350 g/mol. The van der Waals surface area contributed by atoms with Crippen molar-refractivity contribution in [3.63, 3.8) is 0 Å². The van der Waals surface area contributed by atoms with Gasteiger partial charge in [0, 0.05) is 32.7 Å². The molecule has 142 valence electrons. The van der Waals surface area contributed by atoms with E-state index in [0.29, 0.717) is 17.9 Å². The van der Waals surface area contributed by atoms with Crippen LogP contribution in [0.4, 0.5) is 17.8 Å². The Labute approximate surface area is 152 Å². The second kappa shape index (κ2) is 10.4. The van der Waals surface area contributed by atoms with Gasteiger partial charge in [0.2, 0.25) is 17.8 Å². The van der Waals surface area contributed by atoms with Gasteiger partial charge in [-0.05, 0) is 25.8 Å². The highest BCUT2D eigenvalue weighted by Gasteiger charge is 2.23. The SMILES string of the molecule is CCCCCCCNc1nc(N)nc(N(C)C2CCN(CC)CC2)n1. The first-order valence-corrected chi connectivity index (χ1v) is 9.84. The van der Waals surface area contributed by atoms with Crippen molar-refractivity contribution in [3.8, 4) is 0 Å². The van der Waals surface area contributed by atoms with Gasteiger partial charge in [0.15, 0.2) is 0 Å². The molecule has 0 bridgehead atoms. The maximum Gasteiger partial charge on any atom is 0.231 e.